The van der Waals surface area contributed by atoms with Crippen LogP contribution >= 0.6 is 0 Å². The number of halogens is 5. The van der Waals surface area contributed by atoms with Crippen LogP contribution in [0.1, 0.15) is 22.9 Å². The predicted molar refractivity (Wildman–Crippen MR) is 43.1 cm³/mol. The van der Waals surface area contributed by atoms with Crippen LogP contribution in [0.3, 0.4) is 0 Å². The zero-order valence-electron chi connectivity index (χ0n) is 8.15. The van der Waals surface area contributed by atoms with Crippen LogP contribution in [0.15, 0.2) is 0 Å². The van der Waals surface area contributed by atoms with Crippen molar-refractivity contribution < 1.29 is 22.0 Å². The first kappa shape index (κ1) is 10.0. The summed E-state index contributed by atoms with van der Waals surface area (Å²) in [6.07, 6.45) is -4.66. The van der Waals surface area contributed by atoms with Gasteiger partial charge in [0.05, 0.1) is 5.92 Å². The molecule has 2 nitrogen and oxygen atoms in total. The summed E-state index contributed by atoms with van der Waals surface area (Å²) in [7, 11) is 1.36. The van der Waals surface area contributed by atoms with Crippen molar-refractivity contribution in [3.05, 3.63) is 17.0 Å². The van der Waals surface area contributed by atoms with E-state index in [9.17, 15) is 22.0 Å². The topological polar surface area (TPSA) is 17.8 Å². The van der Waals surface area contributed by atoms with E-state index in [2.05, 4.69) is 5.10 Å². The highest BCUT2D eigenvalue weighted by Crippen LogP contribution is 2.68. The Morgan fingerprint density at radius 2 is 2.00 bits per heavy atom. The standard InChI is InChI=1S/C9H7F5N2/c1-16-4-2-3-6(8(3,10)11)5(4)7(15-16)9(12,13)14/h3,6H,2H2,1H3. The van der Waals surface area contributed by atoms with Gasteiger partial charge in [0.1, 0.15) is 0 Å². The van der Waals surface area contributed by atoms with Gasteiger partial charge < -0.3 is 0 Å². The van der Waals surface area contributed by atoms with Crippen molar-refractivity contribution in [2.24, 2.45) is 13.0 Å². The highest BCUT2D eigenvalue weighted by molar-refractivity contribution is 5.47. The summed E-state index contributed by atoms with van der Waals surface area (Å²) in [6, 6.07) is 0. The summed E-state index contributed by atoms with van der Waals surface area (Å²) in [5.41, 5.74) is -1.13. The molecular formula is C9H7F5N2. The lowest BCUT2D eigenvalue weighted by Gasteiger charge is -2.06. The summed E-state index contributed by atoms with van der Waals surface area (Å²) in [5.74, 6) is -5.20. The van der Waals surface area contributed by atoms with Gasteiger partial charge in [-0.2, -0.15) is 18.3 Å². The van der Waals surface area contributed by atoms with E-state index >= 15 is 0 Å². The van der Waals surface area contributed by atoms with E-state index in [-0.39, 0.29) is 12.0 Å². The second-order valence-corrected chi connectivity index (χ2v) is 4.29. The molecule has 16 heavy (non-hydrogen) atoms. The molecule has 0 aliphatic heterocycles. The summed E-state index contributed by atoms with van der Waals surface area (Å²) < 4.78 is 65.0. The van der Waals surface area contributed by atoms with E-state index in [1.807, 2.05) is 0 Å². The van der Waals surface area contributed by atoms with Crippen LogP contribution in [0.2, 0.25) is 0 Å². The minimum atomic E-state index is -4.65. The molecule has 0 bridgehead atoms. The van der Waals surface area contributed by atoms with E-state index < -0.39 is 29.6 Å². The van der Waals surface area contributed by atoms with Crippen molar-refractivity contribution in [1.82, 2.24) is 9.78 Å². The Labute approximate surface area is 87.0 Å². The molecule has 2 atom stereocenters. The molecular weight excluding hydrogens is 231 g/mol. The number of rotatable bonds is 0. The van der Waals surface area contributed by atoms with Crippen molar-refractivity contribution in [3.8, 4) is 0 Å². The molecule has 1 saturated carbocycles. The Hall–Kier alpha value is -1.14. The largest absolute Gasteiger partial charge is 0.435 e. The van der Waals surface area contributed by atoms with Gasteiger partial charge in [-0.05, 0) is 6.42 Å². The van der Waals surface area contributed by atoms with Gasteiger partial charge in [0.2, 0.25) is 0 Å². The minimum Gasteiger partial charge on any atom is -0.272 e. The molecule has 0 N–H and O–H groups in total. The van der Waals surface area contributed by atoms with E-state index in [1.54, 1.807) is 0 Å². The van der Waals surface area contributed by atoms with E-state index in [4.69, 9.17) is 0 Å². The lowest BCUT2D eigenvalue weighted by molar-refractivity contribution is -0.142. The Morgan fingerprint density at radius 1 is 1.38 bits per heavy atom. The zero-order valence-corrected chi connectivity index (χ0v) is 8.15. The van der Waals surface area contributed by atoms with Gasteiger partial charge in [-0.3, -0.25) is 4.68 Å². The van der Waals surface area contributed by atoms with Crippen LogP contribution in [-0.4, -0.2) is 15.7 Å². The molecule has 2 unspecified atom stereocenters. The number of fused-ring (bicyclic) bond motifs is 3. The fourth-order valence-corrected chi connectivity index (χ4v) is 2.60. The molecule has 0 spiro atoms. The van der Waals surface area contributed by atoms with Gasteiger partial charge in [0.25, 0.3) is 5.92 Å². The summed E-state index contributed by atoms with van der Waals surface area (Å²) >= 11 is 0. The maximum atomic E-state index is 13.1. The first-order valence-corrected chi connectivity index (χ1v) is 4.75. The van der Waals surface area contributed by atoms with Crippen LogP contribution < -0.4 is 0 Å². The lowest BCUT2D eigenvalue weighted by atomic mass is 10.1. The fraction of sp³-hybridized carbons (Fsp3) is 0.667. The number of hydrogen-bond acceptors (Lipinski definition) is 1. The number of hydrogen-bond donors (Lipinski definition) is 0. The molecule has 2 aliphatic carbocycles. The van der Waals surface area contributed by atoms with Crippen molar-refractivity contribution in [1.29, 1.82) is 0 Å². The second-order valence-electron chi connectivity index (χ2n) is 4.29. The molecule has 1 aromatic rings. The first-order chi connectivity index (χ1) is 7.24. The Morgan fingerprint density at radius 3 is 2.56 bits per heavy atom. The normalized spacial score (nSPS) is 30.1. The van der Waals surface area contributed by atoms with Gasteiger partial charge >= 0.3 is 6.18 Å². The Kier molecular flexibility index (Phi) is 1.51. The number of aryl methyl sites for hydroxylation is 1. The van der Waals surface area contributed by atoms with Crippen LogP contribution in [0.25, 0.3) is 0 Å². The van der Waals surface area contributed by atoms with E-state index in [0.29, 0.717) is 5.69 Å². The molecule has 7 heteroatoms. The predicted octanol–water partition coefficient (Wildman–Crippen LogP) is 2.34. The monoisotopic (exact) mass is 238 g/mol. The molecule has 0 aromatic carbocycles. The van der Waals surface area contributed by atoms with Gasteiger partial charge in [-0.25, -0.2) is 8.78 Å². The molecule has 2 aliphatic rings. The molecule has 1 fully saturated rings. The average molecular weight is 238 g/mol. The van der Waals surface area contributed by atoms with Crippen LogP contribution in [0.5, 0.6) is 0 Å². The number of aromatic nitrogens is 2. The van der Waals surface area contributed by atoms with Crippen LogP contribution in [-0.2, 0) is 19.6 Å². The van der Waals surface area contributed by atoms with E-state index in [1.165, 1.54) is 7.05 Å². The first-order valence-electron chi connectivity index (χ1n) is 4.75. The number of alkyl halides is 5. The Balaban J connectivity index is 2.16. The Bertz CT molecular complexity index is 473. The highest BCUT2D eigenvalue weighted by Gasteiger charge is 2.74. The fourth-order valence-electron chi connectivity index (χ4n) is 2.60. The lowest BCUT2D eigenvalue weighted by Crippen LogP contribution is -2.10. The summed E-state index contributed by atoms with van der Waals surface area (Å²) in [5, 5.41) is 3.30. The van der Waals surface area contributed by atoms with Crippen molar-refractivity contribution in [2.45, 2.75) is 24.4 Å². The van der Waals surface area contributed by atoms with Crippen molar-refractivity contribution in [2.75, 3.05) is 0 Å². The van der Waals surface area contributed by atoms with Gasteiger partial charge in [0, 0.05) is 24.2 Å². The second kappa shape index (κ2) is 2.41. The molecule has 0 amide bonds. The summed E-state index contributed by atoms with van der Waals surface area (Å²) in [6.45, 7) is 0. The highest BCUT2D eigenvalue weighted by atomic mass is 19.4. The third-order valence-electron chi connectivity index (χ3n) is 3.40. The zero-order chi connectivity index (χ0) is 11.9. The molecule has 0 saturated heterocycles. The van der Waals surface area contributed by atoms with Crippen molar-refractivity contribution >= 4 is 0 Å². The third-order valence-corrected chi connectivity index (χ3v) is 3.40. The van der Waals surface area contributed by atoms with Gasteiger partial charge in [-0.15, -0.1) is 0 Å². The molecule has 3 rings (SSSR count). The number of nitrogens with zero attached hydrogens (tertiary/aromatic N) is 2. The van der Waals surface area contributed by atoms with Crippen LogP contribution in [0, 0.1) is 5.92 Å². The molecule has 1 heterocycles. The molecule has 0 radical (unpaired) electrons. The van der Waals surface area contributed by atoms with Crippen LogP contribution in [0.4, 0.5) is 22.0 Å². The molecule has 1 aromatic heterocycles. The van der Waals surface area contributed by atoms with Gasteiger partial charge in [0.15, 0.2) is 5.69 Å². The summed E-state index contributed by atoms with van der Waals surface area (Å²) in [4.78, 5) is 0. The SMILES string of the molecule is Cn1nc(C(F)(F)F)c2c1CC1C2C1(F)F. The molecule has 88 valence electrons. The minimum absolute atomic E-state index is 0.00736. The average Bonchev–Trinajstić information content (AvgIpc) is 2.51. The smallest absolute Gasteiger partial charge is 0.272 e. The maximum Gasteiger partial charge on any atom is 0.435 e. The van der Waals surface area contributed by atoms with Gasteiger partial charge in [-0.1, -0.05) is 0 Å². The van der Waals surface area contributed by atoms with E-state index in [0.717, 1.165) is 4.68 Å². The third kappa shape index (κ3) is 0.985. The van der Waals surface area contributed by atoms with Crippen molar-refractivity contribution in [3.63, 3.8) is 0 Å². The maximum absolute atomic E-state index is 13.1. The quantitative estimate of drug-likeness (QED) is 0.634.